The number of nitrogens with two attached hydrogens (primary N) is 2. The maximum atomic E-state index is 13.3. The van der Waals surface area contributed by atoms with Crippen LogP contribution in [0.5, 0.6) is 28.7 Å². The van der Waals surface area contributed by atoms with E-state index in [0.29, 0.717) is 131 Å². The van der Waals surface area contributed by atoms with E-state index in [0.717, 1.165) is 55.5 Å². The van der Waals surface area contributed by atoms with E-state index in [9.17, 15) is 34.4 Å². The number of hydrogen-bond acceptors (Lipinski definition) is 16. The van der Waals surface area contributed by atoms with E-state index in [1.54, 1.807) is 83.4 Å². The molecule has 18 nitrogen and oxygen atoms in total. The molecule has 12 aromatic carbocycles. The minimum atomic E-state index is -1.12. The molecule has 1 aromatic heterocycles. The molecule has 666 valence electrons. The predicted molar refractivity (Wildman–Crippen MR) is 529 cm³/mol. The molecule has 1 heterocycles. The first-order chi connectivity index (χ1) is 62.9. The third-order valence-corrected chi connectivity index (χ3v) is 21.7. The van der Waals surface area contributed by atoms with Crippen molar-refractivity contribution in [2.45, 2.75) is 118 Å². The van der Waals surface area contributed by atoms with Crippen LogP contribution in [0.1, 0.15) is 203 Å². The Morgan fingerprint density at radius 2 is 0.817 bits per heavy atom. The number of ketones is 3. The average Bonchev–Trinajstić information content (AvgIpc) is 0.758. The highest BCUT2D eigenvalue weighted by Crippen LogP contribution is 2.38. The Labute approximate surface area is 781 Å². The Bertz CT molecular complexity index is 6480. The van der Waals surface area contributed by atoms with Crippen molar-refractivity contribution in [3.8, 4) is 102 Å². The number of fused-ring (bicyclic) bond motifs is 1. The summed E-state index contributed by atoms with van der Waals surface area (Å²) >= 11 is 19.2. The number of benzene rings is 12. The van der Waals surface area contributed by atoms with Crippen molar-refractivity contribution in [1.29, 1.82) is 0 Å². The Hall–Kier alpha value is -14.8. The summed E-state index contributed by atoms with van der Waals surface area (Å²) < 4.78 is 28.8. The van der Waals surface area contributed by atoms with Gasteiger partial charge in [0.05, 0.1) is 28.2 Å². The summed E-state index contributed by atoms with van der Waals surface area (Å²) in [5, 5.41) is 27.8. The van der Waals surface area contributed by atoms with Crippen molar-refractivity contribution in [1.82, 2.24) is 9.55 Å². The summed E-state index contributed by atoms with van der Waals surface area (Å²) in [5.74, 6) is 15.8. The predicted octanol–water partition coefficient (Wildman–Crippen LogP) is 24.0. The SMILES string of the molecule is C#CCOc1ccc(N)c(C(=O)c2ccc(C(C)C)c(Cl)c2)c1.C#CCOc1ccc(N)c(C(=O)c2ccc(C(C)C)cc2)c1.C#CCOc1ccc(NCc2ccccc2)c(C(=O)c2ccc(C(C)C)c(Cl)c2)c1.C#CCOc1ccc([N+](=O)[O-])c(C(O)c2ccc(C(C)C)cc2)c1.C#CCOc1ccc2c(c1)c(-c1ccc(C(C)C)c(Cl)c1)nc(=O)n2Cc1ccccc1. The van der Waals surface area contributed by atoms with Gasteiger partial charge in [-0.25, -0.2) is 4.79 Å². The third kappa shape index (κ3) is 27.9. The molecule has 0 aliphatic rings. The summed E-state index contributed by atoms with van der Waals surface area (Å²) in [6.07, 6.45) is 25.0. The van der Waals surface area contributed by atoms with Crippen LogP contribution in [0.15, 0.2) is 260 Å². The number of hydrogen-bond donors (Lipinski definition) is 4. The van der Waals surface area contributed by atoms with Crippen LogP contribution in [0.3, 0.4) is 0 Å². The Balaban J connectivity index is 0.000000186. The number of carbonyl (C=O) groups is 3. The highest BCUT2D eigenvalue weighted by Gasteiger charge is 2.26. The molecule has 131 heavy (non-hydrogen) atoms. The normalized spacial score (nSPS) is 10.8. The van der Waals surface area contributed by atoms with Gasteiger partial charge in [-0.15, -0.1) is 32.1 Å². The monoisotopic (exact) mass is 1800 g/mol. The molecule has 0 aliphatic carbocycles. The maximum Gasteiger partial charge on any atom is 0.348 e. The van der Waals surface area contributed by atoms with Crippen molar-refractivity contribution >= 4 is 85.8 Å². The van der Waals surface area contributed by atoms with Crippen molar-refractivity contribution in [2.75, 3.05) is 49.8 Å². The van der Waals surface area contributed by atoms with Crippen LogP contribution in [0.4, 0.5) is 22.7 Å². The van der Waals surface area contributed by atoms with Crippen molar-refractivity contribution in [2.24, 2.45) is 0 Å². The maximum absolute atomic E-state index is 13.3. The fraction of sp³-hybridized carbons (Fsp3) is 0.209. The number of anilines is 3. The zero-order chi connectivity index (χ0) is 95.0. The summed E-state index contributed by atoms with van der Waals surface area (Å²) in [6.45, 7) is 22.4. The number of carbonyl (C=O) groups excluding carboxylic acids is 3. The lowest BCUT2D eigenvalue weighted by Crippen LogP contribution is -2.24. The molecule has 0 radical (unpaired) electrons. The highest BCUT2D eigenvalue weighted by molar-refractivity contribution is 6.33. The van der Waals surface area contributed by atoms with Crippen molar-refractivity contribution in [3.05, 3.63) is 374 Å². The van der Waals surface area contributed by atoms with Gasteiger partial charge < -0.3 is 45.6 Å². The fourth-order valence-electron chi connectivity index (χ4n) is 13.7. The minimum Gasteiger partial charge on any atom is -0.481 e. The van der Waals surface area contributed by atoms with Gasteiger partial charge in [-0.3, -0.25) is 29.1 Å². The highest BCUT2D eigenvalue weighted by atomic mass is 35.5. The number of aliphatic hydroxyl groups is 1. The van der Waals surface area contributed by atoms with E-state index in [1.165, 1.54) is 23.8 Å². The molecular formula is C110H103Cl3N6O12. The Morgan fingerprint density at radius 3 is 1.26 bits per heavy atom. The molecule has 6 N–H and O–H groups in total. The van der Waals surface area contributed by atoms with Gasteiger partial charge in [-0.1, -0.05) is 279 Å². The molecule has 1 unspecified atom stereocenters. The number of ether oxygens (including phenoxy) is 5. The lowest BCUT2D eigenvalue weighted by molar-refractivity contribution is -0.386. The van der Waals surface area contributed by atoms with Crippen LogP contribution < -0.4 is 46.2 Å². The van der Waals surface area contributed by atoms with E-state index >= 15 is 0 Å². The summed E-state index contributed by atoms with van der Waals surface area (Å²) in [5.41, 5.74) is 26.2. The van der Waals surface area contributed by atoms with E-state index in [4.69, 9.17) is 102 Å². The number of nitrogen functional groups attached to an aromatic ring is 2. The van der Waals surface area contributed by atoms with E-state index in [2.05, 4.69) is 95.3 Å². The number of nitro benzene ring substituents is 1. The van der Waals surface area contributed by atoms with Gasteiger partial charge in [-0.05, 0) is 177 Å². The fourth-order valence-corrected chi connectivity index (χ4v) is 14.9. The van der Waals surface area contributed by atoms with Crippen LogP contribution in [-0.2, 0) is 13.1 Å². The van der Waals surface area contributed by atoms with Gasteiger partial charge in [0.2, 0.25) is 0 Å². The molecule has 0 spiro atoms. The largest absolute Gasteiger partial charge is 0.481 e. The smallest absolute Gasteiger partial charge is 0.348 e. The van der Waals surface area contributed by atoms with Gasteiger partial charge in [-0.2, -0.15) is 4.98 Å². The van der Waals surface area contributed by atoms with Gasteiger partial charge in [0, 0.05) is 89.1 Å². The first-order valence-electron chi connectivity index (χ1n) is 42.2. The molecular weight excluding hydrogens is 1700 g/mol. The van der Waals surface area contributed by atoms with Gasteiger partial charge >= 0.3 is 5.69 Å². The van der Waals surface area contributed by atoms with Crippen LogP contribution in [0.25, 0.3) is 22.2 Å². The molecule has 13 rings (SSSR count). The van der Waals surface area contributed by atoms with Crippen LogP contribution in [-0.4, -0.2) is 70.0 Å². The molecule has 21 heteroatoms. The number of nitrogens with zero attached hydrogens (tertiary/aromatic N) is 3. The lowest BCUT2D eigenvalue weighted by atomic mass is 9.96. The quantitative estimate of drug-likeness (QED) is 0.0107. The van der Waals surface area contributed by atoms with Crippen LogP contribution >= 0.6 is 34.8 Å². The first kappa shape index (κ1) is 100.0. The second-order valence-electron chi connectivity index (χ2n) is 31.6. The second-order valence-corrected chi connectivity index (χ2v) is 32.9. The first-order valence-corrected chi connectivity index (χ1v) is 43.3. The number of halogens is 3. The third-order valence-electron chi connectivity index (χ3n) is 20.8. The molecule has 0 saturated carbocycles. The van der Waals surface area contributed by atoms with E-state index in [-0.39, 0.29) is 79.2 Å². The summed E-state index contributed by atoms with van der Waals surface area (Å²) in [6, 6.07) is 76.4. The van der Waals surface area contributed by atoms with Crippen molar-refractivity contribution in [3.63, 3.8) is 0 Å². The van der Waals surface area contributed by atoms with E-state index < -0.39 is 11.0 Å². The lowest BCUT2D eigenvalue weighted by Gasteiger charge is -2.15. The molecule has 1 atom stereocenters. The topological polar surface area (TPSA) is 260 Å². The molecule has 0 amide bonds. The molecule has 13 aromatic rings. The molecule has 0 aliphatic heterocycles. The van der Waals surface area contributed by atoms with Crippen LogP contribution in [0.2, 0.25) is 15.1 Å². The summed E-state index contributed by atoms with van der Waals surface area (Å²) in [7, 11) is 0. The number of nitrogens with one attached hydrogen (secondary N) is 1. The van der Waals surface area contributed by atoms with Crippen LogP contribution in [0, 0.1) is 71.8 Å². The standard InChI is InChI=1S/C27H23ClN2O2.C26H24ClNO2.C19H18ClNO2.C19H19NO4.C19H19NO2/c1-4-14-32-21-11-13-25-23(16-21)26(20-10-12-22(18(2)3)24(28)15-20)29-27(31)30(25)17-19-8-6-5-7-9-19;1-4-14-30-21-11-13-25(28-17-19-8-6-5-7-9-19)23(16-21)26(29)20-10-12-22(18(2)3)24(27)15-20;1-4-9-23-14-6-8-18(21)16(11-14)19(22)13-5-7-15(12(2)3)17(20)10-13;1-4-11-24-16-9-10-18(20(22)23)17(12-16)19(21)15-7-5-14(6-8-15)13(2)3;1-4-11-22-16-9-10-18(20)17(12-16)19(21)15-7-5-14(6-8-15)13(2)3/h1,5-13,15-16,18H,14,17H2,2-3H3;1,5-13,15-16,18,28H,14,17H2,2-3H3;1,5-8,10-12H,9,21H2,2-3H3;1,5-10,12-13,19,21H,11H2,2-3H3;1,5-10,12-13H,11,20H2,2-3H3. The number of rotatable bonds is 30. The molecule has 0 saturated heterocycles. The zero-order valence-electron chi connectivity index (χ0n) is 74.6. The Morgan fingerprint density at radius 1 is 0.435 bits per heavy atom. The van der Waals surface area contributed by atoms with Gasteiger partial charge in [0.25, 0.3) is 5.69 Å². The number of aromatic nitrogens is 2. The number of terminal acetylenes is 5. The number of aliphatic hydroxyl groups excluding tert-OH is 1. The minimum absolute atomic E-state index is 0.0520. The van der Waals surface area contributed by atoms with Gasteiger partial charge in [0.1, 0.15) is 67.9 Å². The molecule has 0 bridgehead atoms. The second kappa shape index (κ2) is 49.0. The number of nitro groups is 1. The summed E-state index contributed by atoms with van der Waals surface area (Å²) in [4.78, 5) is 66.9. The van der Waals surface area contributed by atoms with E-state index in [1.807, 2.05) is 172 Å². The molecule has 0 fully saturated rings. The van der Waals surface area contributed by atoms with Crippen molar-refractivity contribution < 1.29 is 48.1 Å². The Kier molecular flexibility index (Phi) is 37.4. The zero-order valence-corrected chi connectivity index (χ0v) is 76.9. The average molecular weight is 1810 g/mol. The van der Waals surface area contributed by atoms with Gasteiger partial charge in [0.15, 0.2) is 17.3 Å².